The highest BCUT2D eigenvalue weighted by atomic mass is 19.4. The van der Waals surface area contributed by atoms with Gasteiger partial charge in [-0.1, -0.05) is 0 Å². The molecule has 6 heteroatoms. The average molecular weight is 221 g/mol. The van der Waals surface area contributed by atoms with Gasteiger partial charge in [0.15, 0.2) is 0 Å². The van der Waals surface area contributed by atoms with Crippen LogP contribution in [0.15, 0.2) is 12.5 Å². The number of nitrogens with zero attached hydrogens (tertiary/aromatic N) is 2. The van der Waals surface area contributed by atoms with Crippen LogP contribution in [0.25, 0.3) is 0 Å². The molecule has 0 aliphatic heterocycles. The standard InChI is InChI=1S/C9H14F3N3/c1-2-15-7-14-6-8(15)5-13-4-3-9(10,11)12/h6-7,13H,2-5H2,1H3. The maximum atomic E-state index is 11.8. The van der Waals surface area contributed by atoms with Crippen LogP contribution < -0.4 is 5.32 Å². The summed E-state index contributed by atoms with van der Waals surface area (Å²) in [7, 11) is 0. The fourth-order valence-corrected chi connectivity index (χ4v) is 1.23. The molecule has 0 unspecified atom stereocenters. The monoisotopic (exact) mass is 221 g/mol. The number of hydrogen-bond donors (Lipinski definition) is 1. The van der Waals surface area contributed by atoms with Crippen molar-refractivity contribution in [1.29, 1.82) is 0 Å². The van der Waals surface area contributed by atoms with Crippen molar-refractivity contribution in [2.24, 2.45) is 0 Å². The van der Waals surface area contributed by atoms with Crippen molar-refractivity contribution in [2.45, 2.75) is 32.6 Å². The normalized spacial score (nSPS) is 12.0. The van der Waals surface area contributed by atoms with E-state index in [0.717, 1.165) is 12.2 Å². The minimum atomic E-state index is -4.09. The van der Waals surface area contributed by atoms with Crippen molar-refractivity contribution in [2.75, 3.05) is 6.54 Å². The van der Waals surface area contributed by atoms with Crippen molar-refractivity contribution < 1.29 is 13.2 Å². The Balaban J connectivity index is 2.26. The molecule has 0 aliphatic rings. The molecule has 0 saturated heterocycles. The third-order valence-electron chi connectivity index (χ3n) is 2.03. The fourth-order valence-electron chi connectivity index (χ4n) is 1.23. The van der Waals surface area contributed by atoms with Crippen LogP contribution in [0, 0.1) is 0 Å². The summed E-state index contributed by atoms with van der Waals surface area (Å²) in [5.41, 5.74) is 0.902. The number of alkyl halides is 3. The highest BCUT2D eigenvalue weighted by molar-refractivity contribution is 4.97. The van der Waals surface area contributed by atoms with Gasteiger partial charge in [0.1, 0.15) is 0 Å². The molecule has 0 aliphatic carbocycles. The Kier molecular flexibility index (Phi) is 4.14. The summed E-state index contributed by atoms with van der Waals surface area (Å²) in [5.74, 6) is 0. The Morgan fingerprint density at radius 1 is 1.47 bits per heavy atom. The molecule has 15 heavy (non-hydrogen) atoms. The van der Waals surface area contributed by atoms with Gasteiger partial charge in [-0.3, -0.25) is 0 Å². The molecule has 0 aromatic carbocycles. The second kappa shape index (κ2) is 5.16. The number of imidazole rings is 1. The molecule has 1 N–H and O–H groups in total. The summed E-state index contributed by atoms with van der Waals surface area (Å²) in [6, 6.07) is 0. The predicted molar refractivity (Wildman–Crippen MR) is 50.3 cm³/mol. The molecule has 0 bridgehead atoms. The summed E-state index contributed by atoms with van der Waals surface area (Å²) in [4.78, 5) is 3.92. The van der Waals surface area contributed by atoms with Crippen LogP contribution in [-0.4, -0.2) is 22.3 Å². The third kappa shape index (κ3) is 4.33. The van der Waals surface area contributed by atoms with Gasteiger partial charge in [-0.2, -0.15) is 13.2 Å². The summed E-state index contributed by atoms with van der Waals surface area (Å²) >= 11 is 0. The molecule has 86 valence electrons. The lowest BCUT2D eigenvalue weighted by atomic mass is 10.4. The van der Waals surface area contributed by atoms with Crippen LogP contribution in [0.2, 0.25) is 0 Å². The van der Waals surface area contributed by atoms with E-state index in [2.05, 4.69) is 10.3 Å². The maximum absolute atomic E-state index is 11.8. The van der Waals surface area contributed by atoms with E-state index in [9.17, 15) is 13.2 Å². The van der Waals surface area contributed by atoms with Crippen molar-refractivity contribution in [1.82, 2.24) is 14.9 Å². The molecule has 1 aromatic heterocycles. The molecule has 0 radical (unpaired) electrons. The van der Waals surface area contributed by atoms with Gasteiger partial charge in [0, 0.05) is 25.8 Å². The maximum Gasteiger partial charge on any atom is 0.390 e. The Morgan fingerprint density at radius 2 is 2.20 bits per heavy atom. The van der Waals surface area contributed by atoms with Crippen LogP contribution in [0.1, 0.15) is 19.0 Å². The molecule has 0 saturated carbocycles. The highest BCUT2D eigenvalue weighted by Crippen LogP contribution is 2.18. The van der Waals surface area contributed by atoms with Gasteiger partial charge in [-0.05, 0) is 6.92 Å². The molecule has 3 nitrogen and oxygen atoms in total. The van der Waals surface area contributed by atoms with Gasteiger partial charge in [-0.25, -0.2) is 4.98 Å². The summed E-state index contributed by atoms with van der Waals surface area (Å²) in [6.07, 6.45) is -1.56. The third-order valence-corrected chi connectivity index (χ3v) is 2.03. The van der Waals surface area contributed by atoms with Crippen LogP contribution in [0.3, 0.4) is 0 Å². The highest BCUT2D eigenvalue weighted by Gasteiger charge is 2.25. The number of hydrogen-bond acceptors (Lipinski definition) is 2. The zero-order valence-corrected chi connectivity index (χ0v) is 8.51. The molecule has 0 spiro atoms. The van der Waals surface area contributed by atoms with Gasteiger partial charge < -0.3 is 9.88 Å². The molecule has 0 amide bonds. The van der Waals surface area contributed by atoms with Crippen molar-refractivity contribution in [3.05, 3.63) is 18.2 Å². The van der Waals surface area contributed by atoms with Gasteiger partial charge in [0.05, 0.1) is 18.4 Å². The molecule has 1 heterocycles. The Bertz CT molecular complexity index is 293. The van der Waals surface area contributed by atoms with Crippen molar-refractivity contribution in [3.63, 3.8) is 0 Å². The summed E-state index contributed by atoms with van der Waals surface area (Å²) < 4.78 is 37.3. The Morgan fingerprint density at radius 3 is 2.80 bits per heavy atom. The minimum absolute atomic E-state index is 0.0571. The Hall–Kier alpha value is -1.04. The van der Waals surface area contributed by atoms with E-state index in [0.29, 0.717) is 6.54 Å². The minimum Gasteiger partial charge on any atom is -0.334 e. The smallest absolute Gasteiger partial charge is 0.334 e. The predicted octanol–water partition coefficient (Wildman–Crippen LogP) is 1.95. The lowest BCUT2D eigenvalue weighted by molar-refractivity contribution is -0.133. The lowest BCUT2D eigenvalue weighted by Crippen LogP contribution is -2.22. The van der Waals surface area contributed by atoms with Crippen molar-refractivity contribution in [3.8, 4) is 0 Å². The summed E-state index contributed by atoms with van der Waals surface area (Å²) in [5, 5.41) is 2.74. The first-order valence-corrected chi connectivity index (χ1v) is 4.79. The molecular formula is C9H14F3N3. The molecule has 1 rings (SSSR count). The number of halogens is 3. The number of rotatable bonds is 5. The van der Waals surface area contributed by atoms with Crippen LogP contribution in [-0.2, 0) is 13.1 Å². The first-order chi connectivity index (χ1) is 7.03. The number of nitrogens with one attached hydrogen (secondary N) is 1. The number of aryl methyl sites for hydroxylation is 1. The second-order valence-corrected chi connectivity index (χ2v) is 3.21. The topological polar surface area (TPSA) is 29.9 Å². The van der Waals surface area contributed by atoms with Crippen LogP contribution >= 0.6 is 0 Å². The van der Waals surface area contributed by atoms with Gasteiger partial charge in [0.2, 0.25) is 0 Å². The van der Waals surface area contributed by atoms with Crippen LogP contribution in [0.4, 0.5) is 13.2 Å². The SMILES string of the molecule is CCn1cncc1CNCCC(F)(F)F. The molecule has 0 atom stereocenters. The first-order valence-electron chi connectivity index (χ1n) is 4.79. The molecular weight excluding hydrogens is 207 g/mol. The van der Waals surface area contributed by atoms with E-state index in [-0.39, 0.29) is 6.54 Å². The second-order valence-electron chi connectivity index (χ2n) is 3.21. The van der Waals surface area contributed by atoms with E-state index in [1.54, 1.807) is 12.5 Å². The zero-order valence-electron chi connectivity index (χ0n) is 8.51. The first kappa shape index (κ1) is 12.0. The van der Waals surface area contributed by atoms with Crippen LogP contribution in [0.5, 0.6) is 0 Å². The molecule has 0 fully saturated rings. The lowest BCUT2D eigenvalue weighted by Gasteiger charge is -2.08. The van der Waals surface area contributed by atoms with E-state index in [1.165, 1.54) is 0 Å². The zero-order chi connectivity index (χ0) is 11.3. The summed E-state index contributed by atoms with van der Waals surface area (Å²) in [6.45, 7) is 3.10. The van der Waals surface area contributed by atoms with Gasteiger partial charge >= 0.3 is 6.18 Å². The van der Waals surface area contributed by atoms with E-state index in [4.69, 9.17) is 0 Å². The van der Waals surface area contributed by atoms with E-state index < -0.39 is 12.6 Å². The van der Waals surface area contributed by atoms with Crippen molar-refractivity contribution >= 4 is 0 Å². The van der Waals surface area contributed by atoms with E-state index in [1.807, 2.05) is 11.5 Å². The molecule has 1 aromatic rings. The quantitative estimate of drug-likeness (QED) is 0.770. The van der Waals surface area contributed by atoms with E-state index >= 15 is 0 Å². The fraction of sp³-hybridized carbons (Fsp3) is 0.667. The van der Waals surface area contributed by atoms with Gasteiger partial charge in [-0.15, -0.1) is 0 Å². The average Bonchev–Trinajstić information content (AvgIpc) is 2.58. The number of aromatic nitrogens is 2. The van der Waals surface area contributed by atoms with Gasteiger partial charge in [0.25, 0.3) is 0 Å². The Labute approximate surface area is 86.3 Å². The largest absolute Gasteiger partial charge is 0.390 e.